The van der Waals surface area contributed by atoms with E-state index in [0.29, 0.717) is 29.0 Å². The second-order valence-electron chi connectivity index (χ2n) is 7.81. The monoisotopic (exact) mass is 431 g/mol. The van der Waals surface area contributed by atoms with Crippen LogP contribution >= 0.6 is 11.3 Å². The Morgan fingerprint density at radius 2 is 1.87 bits per heavy atom. The van der Waals surface area contributed by atoms with E-state index in [0.717, 1.165) is 29.4 Å². The highest BCUT2D eigenvalue weighted by Crippen LogP contribution is 2.35. The van der Waals surface area contributed by atoms with Crippen molar-refractivity contribution in [1.29, 1.82) is 0 Å². The fraction of sp³-hybridized carbons (Fsp3) is 0.565. The molecule has 1 aromatic heterocycles. The highest BCUT2D eigenvalue weighted by molar-refractivity contribution is 7.17. The van der Waals surface area contributed by atoms with Crippen molar-refractivity contribution in [2.45, 2.75) is 45.6 Å². The molecule has 164 valence electrons. The largest absolute Gasteiger partial charge is 0.493 e. The number of hydrogen-bond donors (Lipinski definition) is 0. The van der Waals surface area contributed by atoms with Crippen LogP contribution in [0.4, 0.5) is 0 Å². The van der Waals surface area contributed by atoms with Crippen molar-refractivity contribution in [3.8, 4) is 22.1 Å². The smallest absolute Gasteiger partial charge is 0.265 e. The standard InChI is InChI=1S/C23H33N3O3S/c1-6-26(14-13-25(3)18-9-7-8-10-18)23(27)21-16(2)24-22(30-21)17-11-12-19(28-4)20(15-17)29-5/h11-12,15,18H,6-10,13-14H2,1-5H3. The first-order chi connectivity index (χ1) is 14.5. The zero-order chi connectivity index (χ0) is 21.7. The van der Waals surface area contributed by atoms with E-state index in [2.05, 4.69) is 16.9 Å². The van der Waals surface area contributed by atoms with Gasteiger partial charge in [0, 0.05) is 31.2 Å². The van der Waals surface area contributed by atoms with Crippen molar-refractivity contribution in [1.82, 2.24) is 14.8 Å². The summed E-state index contributed by atoms with van der Waals surface area (Å²) >= 11 is 1.44. The van der Waals surface area contributed by atoms with Gasteiger partial charge in [-0.2, -0.15) is 0 Å². The first-order valence-electron chi connectivity index (χ1n) is 10.7. The molecule has 0 radical (unpaired) electrons. The quantitative estimate of drug-likeness (QED) is 0.586. The second kappa shape index (κ2) is 10.3. The van der Waals surface area contributed by atoms with Gasteiger partial charge in [0.05, 0.1) is 19.9 Å². The summed E-state index contributed by atoms with van der Waals surface area (Å²) in [6, 6.07) is 6.38. The predicted molar refractivity (Wildman–Crippen MR) is 122 cm³/mol. The Kier molecular flexibility index (Phi) is 7.72. The number of rotatable bonds is 9. The topological polar surface area (TPSA) is 54.9 Å². The summed E-state index contributed by atoms with van der Waals surface area (Å²) < 4.78 is 10.7. The zero-order valence-corrected chi connectivity index (χ0v) is 19.6. The molecule has 0 spiro atoms. The molecule has 0 unspecified atom stereocenters. The molecule has 0 aliphatic heterocycles. The van der Waals surface area contributed by atoms with E-state index < -0.39 is 0 Å². The molecule has 2 aromatic rings. The van der Waals surface area contributed by atoms with Gasteiger partial charge in [-0.05, 0) is 51.9 Å². The number of aromatic nitrogens is 1. The van der Waals surface area contributed by atoms with Gasteiger partial charge in [0.15, 0.2) is 11.5 Å². The minimum absolute atomic E-state index is 0.0686. The molecule has 1 aromatic carbocycles. The summed E-state index contributed by atoms with van der Waals surface area (Å²) in [4.78, 5) is 23.0. The molecule has 1 fully saturated rings. The van der Waals surface area contributed by atoms with Crippen LogP contribution in [-0.2, 0) is 0 Å². The Morgan fingerprint density at radius 3 is 2.50 bits per heavy atom. The molecular formula is C23H33N3O3S. The van der Waals surface area contributed by atoms with Gasteiger partial charge in [-0.25, -0.2) is 4.98 Å². The van der Waals surface area contributed by atoms with Crippen molar-refractivity contribution in [2.75, 3.05) is 40.9 Å². The first kappa shape index (κ1) is 22.6. The van der Waals surface area contributed by atoms with Gasteiger partial charge in [-0.15, -0.1) is 11.3 Å². The lowest BCUT2D eigenvalue weighted by molar-refractivity contribution is 0.0744. The number of carbonyl (C=O) groups is 1. The minimum atomic E-state index is 0.0686. The molecule has 6 nitrogen and oxygen atoms in total. The minimum Gasteiger partial charge on any atom is -0.493 e. The number of nitrogens with zero attached hydrogens (tertiary/aromatic N) is 3. The third kappa shape index (κ3) is 4.95. The summed E-state index contributed by atoms with van der Waals surface area (Å²) in [6.07, 6.45) is 5.20. The number of thiazole rings is 1. The number of carbonyl (C=O) groups excluding carboxylic acids is 1. The summed E-state index contributed by atoms with van der Waals surface area (Å²) in [6.45, 7) is 6.29. The van der Waals surface area contributed by atoms with E-state index >= 15 is 0 Å². The van der Waals surface area contributed by atoms with Crippen LogP contribution in [0.5, 0.6) is 11.5 Å². The summed E-state index contributed by atoms with van der Waals surface area (Å²) in [5, 5.41) is 0.816. The van der Waals surface area contributed by atoms with Crippen LogP contribution in [0.25, 0.3) is 10.6 Å². The number of methoxy groups -OCH3 is 2. The molecule has 1 aliphatic carbocycles. The summed E-state index contributed by atoms with van der Waals surface area (Å²) in [5.74, 6) is 1.40. The molecule has 0 atom stereocenters. The number of likely N-dealkylation sites (N-methyl/N-ethyl adjacent to an activating group) is 2. The van der Waals surface area contributed by atoms with Gasteiger partial charge in [0.1, 0.15) is 9.88 Å². The van der Waals surface area contributed by atoms with Crippen molar-refractivity contribution in [3.63, 3.8) is 0 Å². The van der Waals surface area contributed by atoms with E-state index in [1.807, 2.05) is 36.9 Å². The molecule has 1 aliphatic rings. The number of ether oxygens (including phenoxy) is 2. The van der Waals surface area contributed by atoms with Crippen molar-refractivity contribution >= 4 is 17.2 Å². The predicted octanol–water partition coefficient (Wildman–Crippen LogP) is 4.47. The molecule has 0 N–H and O–H groups in total. The maximum absolute atomic E-state index is 13.2. The lowest BCUT2D eigenvalue weighted by atomic mass is 10.2. The van der Waals surface area contributed by atoms with Gasteiger partial charge >= 0.3 is 0 Å². The van der Waals surface area contributed by atoms with Gasteiger partial charge < -0.3 is 19.3 Å². The molecule has 0 bridgehead atoms. The number of benzene rings is 1. The molecule has 7 heteroatoms. The second-order valence-corrected chi connectivity index (χ2v) is 8.81. The highest BCUT2D eigenvalue weighted by Gasteiger charge is 2.24. The Labute approximate surface area is 183 Å². The highest BCUT2D eigenvalue weighted by atomic mass is 32.1. The zero-order valence-electron chi connectivity index (χ0n) is 18.7. The van der Waals surface area contributed by atoms with Crippen LogP contribution in [0.2, 0.25) is 0 Å². The Hall–Kier alpha value is -2.12. The molecule has 3 rings (SSSR count). The Bertz CT molecular complexity index is 861. The molecule has 0 saturated heterocycles. The van der Waals surface area contributed by atoms with E-state index in [9.17, 15) is 4.79 Å². The fourth-order valence-corrected chi connectivity index (χ4v) is 5.07. The molecule has 1 amide bonds. The van der Waals surface area contributed by atoms with Crippen LogP contribution in [0.3, 0.4) is 0 Å². The van der Waals surface area contributed by atoms with Crippen LogP contribution in [0.1, 0.15) is 48.0 Å². The van der Waals surface area contributed by atoms with Crippen molar-refractivity contribution < 1.29 is 14.3 Å². The van der Waals surface area contributed by atoms with Gasteiger partial charge in [0.25, 0.3) is 5.91 Å². The number of aryl methyl sites for hydroxylation is 1. The van der Waals surface area contributed by atoms with E-state index in [1.165, 1.54) is 37.0 Å². The molecule has 1 saturated carbocycles. The van der Waals surface area contributed by atoms with Gasteiger partial charge in [0.2, 0.25) is 0 Å². The van der Waals surface area contributed by atoms with Gasteiger partial charge in [-0.3, -0.25) is 4.79 Å². The van der Waals surface area contributed by atoms with Gasteiger partial charge in [-0.1, -0.05) is 12.8 Å². The van der Waals surface area contributed by atoms with Crippen LogP contribution in [0, 0.1) is 6.92 Å². The number of hydrogen-bond acceptors (Lipinski definition) is 6. The average Bonchev–Trinajstić information content (AvgIpc) is 3.43. The third-order valence-electron chi connectivity index (χ3n) is 5.96. The third-order valence-corrected chi connectivity index (χ3v) is 7.16. The van der Waals surface area contributed by atoms with Crippen molar-refractivity contribution in [3.05, 3.63) is 28.8 Å². The molecule has 30 heavy (non-hydrogen) atoms. The SMILES string of the molecule is CCN(CCN(C)C1CCCC1)C(=O)c1sc(-c2ccc(OC)c(OC)c2)nc1C. The van der Waals surface area contributed by atoms with Crippen LogP contribution < -0.4 is 9.47 Å². The van der Waals surface area contributed by atoms with Crippen LogP contribution in [-0.4, -0.2) is 67.6 Å². The Balaban J connectivity index is 1.73. The lowest BCUT2D eigenvalue weighted by Crippen LogP contribution is -2.40. The van der Waals surface area contributed by atoms with E-state index in [-0.39, 0.29) is 5.91 Å². The normalized spacial score (nSPS) is 14.3. The number of amides is 1. The molecule has 1 heterocycles. The Morgan fingerprint density at radius 1 is 1.17 bits per heavy atom. The summed E-state index contributed by atoms with van der Waals surface area (Å²) in [5.41, 5.74) is 1.70. The maximum atomic E-state index is 13.2. The molecular weight excluding hydrogens is 398 g/mol. The van der Waals surface area contributed by atoms with Crippen molar-refractivity contribution in [2.24, 2.45) is 0 Å². The summed E-state index contributed by atoms with van der Waals surface area (Å²) in [7, 11) is 5.41. The average molecular weight is 432 g/mol. The first-order valence-corrected chi connectivity index (χ1v) is 11.5. The van der Waals surface area contributed by atoms with Crippen LogP contribution in [0.15, 0.2) is 18.2 Å². The van der Waals surface area contributed by atoms with E-state index in [4.69, 9.17) is 9.47 Å². The maximum Gasteiger partial charge on any atom is 0.265 e. The van der Waals surface area contributed by atoms with E-state index in [1.54, 1.807) is 14.2 Å². The lowest BCUT2D eigenvalue weighted by Gasteiger charge is -2.28. The fourth-order valence-electron chi connectivity index (χ4n) is 4.04.